The van der Waals surface area contributed by atoms with Gasteiger partial charge in [-0.3, -0.25) is 0 Å². The van der Waals surface area contributed by atoms with Gasteiger partial charge in [0.05, 0.1) is 0 Å². The van der Waals surface area contributed by atoms with Crippen molar-refractivity contribution in [3.8, 4) is 0 Å². The summed E-state index contributed by atoms with van der Waals surface area (Å²) in [7, 11) is -1.47. The molecule has 0 nitrogen and oxygen atoms in total. The van der Waals surface area contributed by atoms with Crippen molar-refractivity contribution in [3.63, 3.8) is 0 Å². The van der Waals surface area contributed by atoms with Crippen LogP contribution < -0.4 is 10.4 Å². The zero-order valence-electron chi connectivity index (χ0n) is 16.3. The monoisotopic (exact) mass is 366 g/mol. The summed E-state index contributed by atoms with van der Waals surface area (Å²) in [6, 6.07) is 31.2. The minimum Gasteiger partial charge on any atom is -0.0772 e. The van der Waals surface area contributed by atoms with Crippen LogP contribution in [0.5, 0.6) is 0 Å². The molecule has 1 aliphatic carbocycles. The largest absolute Gasteiger partial charge is 0.132 e. The third-order valence-corrected chi connectivity index (χ3v) is 8.98. The summed E-state index contributed by atoms with van der Waals surface area (Å²) < 4.78 is 0. The summed E-state index contributed by atoms with van der Waals surface area (Å²) in [5.74, 6) is 0.462. The van der Waals surface area contributed by atoms with E-state index in [9.17, 15) is 0 Å². The first kappa shape index (κ1) is 17.8. The molecule has 1 heteroatoms. The summed E-state index contributed by atoms with van der Waals surface area (Å²) >= 11 is 0. The van der Waals surface area contributed by atoms with Gasteiger partial charge in [0.2, 0.25) is 0 Å². The fourth-order valence-corrected chi connectivity index (χ4v) is 7.81. The SMILES string of the molecule is CC1=C(c2cccc(C)c2)C(C)C=C1[SiH](c1ccccc1)c1ccccc1. The second-order valence-electron chi connectivity index (χ2n) is 7.57. The van der Waals surface area contributed by atoms with Gasteiger partial charge in [-0.1, -0.05) is 119 Å². The molecule has 1 unspecified atom stereocenters. The Morgan fingerprint density at radius 2 is 1.30 bits per heavy atom. The van der Waals surface area contributed by atoms with Crippen LogP contribution >= 0.6 is 0 Å². The maximum Gasteiger partial charge on any atom is 0.132 e. The molecule has 0 bridgehead atoms. The van der Waals surface area contributed by atoms with E-state index in [1.807, 2.05) is 0 Å². The molecule has 0 aliphatic heterocycles. The van der Waals surface area contributed by atoms with Crippen molar-refractivity contribution < 1.29 is 0 Å². The zero-order valence-corrected chi connectivity index (χ0v) is 17.5. The third kappa shape index (κ3) is 3.48. The molecule has 27 heavy (non-hydrogen) atoms. The number of aryl methyl sites for hydroxylation is 1. The lowest BCUT2D eigenvalue weighted by Crippen LogP contribution is -2.44. The fourth-order valence-electron chi connectivity index (χ4n) is 4.42. The molecule has 3 aromatic rings. The van der Waals surface area contributed by atoms with Gasteiger partial charge in [-0.25, -0.2) is 0 Å². The highest BCUT2D eigenvalue weighted by Crippen LogP contribution is 2.38. The Balaban J connectivity index is 1.85. The Morgan fingerprint density at radius 3 is 1.85 bits per heavy atom. The molecule has 0 fully saturated rings. The standard InChI is InChI=1S/C26H26Si/c1-19-11-10-12-22(17-19)26-20(2)18-25(21(26)3)27(23-13-6-4-7-14-23)24-15-8-5-9-16-24/h4-18,20,27H,1-3H3. The zero-order chi connectivity index (χ0) is 18.8. The van der Waals surface area contributed by atoms with Crippen molar-refractivity contribution >= 4 is 24.7 Å². The molecule has 0 saturated carbocycles. The van der Waals surface area contributed by atoms with Gasteiger partial charge >= 0.3 is 0 Å². The molecule has 1 atom stereocenters. The molecule has 0 amide bonds. The van der Waals surface area contributed by atoms with Gasteiger partial charge in [-0.15, -0.1) is 0 Å². The van der Waals surface area contributed by atoms with Gasteiger partial charge in [-0.05, 0) is 30.6 Å². The summed E-state index contributed by atoms with van der Waals surface area (Å²) in [4.78, 5) is 0. The topological polar surface area (TPSA) is 0 Å². The highest BCUT2D eigenvalue weighted by atomic mass is 28.3. The highest BCUT2D eigenvalue weighted by Gasteiger charge is 2.29. The smallest absolute Gasteiger partial charge is 0.0772 e. The Hall–Kier alpha value is -2.64. The van der Waals surface area contributed by atoms with E-state index in [2.05, 4.69) is 112 Å². The van der Waals surface area contributed by atoms with Crippen LogP contribution in [-0.2, 0) is 0 Å². The molecular formula is C26H26Si. The van der Waals surface area contributed by atoms with E-state index < -0.39 is 8.80 Å². The molecule has 4 rings (SSSR count). The van der Waals surface area contributed by atoms with E-state index in [1.54, 1.807) is 5.20 Å². The van der Waals surface area contributed by atoms with Gasteiger partial charge in [0.15, 0.2) is 0 Å². The summed E-state index contributed by atoms with van der Waals surface area (Å²) in [6.07, 6.45) is 2.53. The number of allylic oxidation sites excluding steroid dienone is 4. The van der Waals surface area contributed by atoms with Crippen molar-refractivity contribution in [2.75, 3.05) is 0 Å². The van der Waals surface area contributed by atoms with Gasteiger partial charge in [-0.2, -0.15) is 0 Å². The molecule has 0 radical (unpaired) electrons. The van der Waals surface area contributed by atoms with Crippen LogP contribution in [0.3, 0.4) is 0 Å². The number of hydrogen-bond donors (Lipinski definition) is 0. The molecule has 134 valence electrons. The molecular weight excluding hydrogens is 340 g/mol. The summed E-state index contributed by atoms with van der Waals surface area (Å²) in [5, 5.41) is 4.57. The average molecular weight is 367 g/mol. The van der Waals surface area contributed by atoms with Crippen LogP contribution in [0, 0.1) is 12.8 Å². The van der Waals surface area contributed by atoms with Crippen LogP contribution in [0.15, 0.2) is 102 Å². The van der Waals surface area contributed by atoms with Crippen molar-refractivity contribution in [2.45, 2.75) is 20.8 Å². The number of benzene rings is 3. The summed E-state index contributed by atoms with van der Waals surface area (Å²) in [6.45, 7) is 6.85. The van der Waals surface area contributed by atoms with Crippen LogP contribution in [0.2, 0.25) is 0 Å². The third-order valence-electron chi connectivity index (χ3n) is 5.63. The Morgan fingerprint density at radius 1 is 0.704 bits per heavy atom. The Bertz CT molecular complexity index is 957. The first-order valence-corrected chi connectivity index (χ1v) is 11.5. The molecule has 0 heterocycles. The fraction of sp³-hybridized carbons (Fsp3) is 0.154. The molecule has 0 N–H and O–H groups in total. The molecule has 0 spiro atoms. The number of hydrogen-bond acceptors (Lipinski definition) is 0. The lowest BCUT2D eigenvalue weighted by molar-refractivity contribution is 0.977. The highest BCUT2D eigenvalue weighted by molar-refractivity contribution is 6.91. The predicted molar refractivity (Wildman–Crippen MR) is 120 cm³/mol. The maximum absolute atomic E-state index is 2.53. The van der Waals surface area contributed by atoms with Crippen LogP contribution in [-0.4, -0.2) is 8.80 Å². The van der Waals surface area contributed by atoms with Crippen molar-refractivity contribution in [2.24, 2.45) is 5.92 Å². The quantitative estimate of drug-likeness (QED) is 0.575. The predicted octanol–water partition coefficient (Wildman–Crippen LogP) is 4.93. The Labute approximate surface area is 164 Å². The summed E-state index contributed by atoms with van der Waals surface area (Å²) in [5.41, 5.74) is 5.68. The van der Waals surface area contributed by atoms with Crippen LogP contribution in [0.25, 0.3) is 5.57 Å². The van der Waals surface area contributed by atoms with Crippen LogP contribution in [0.1, 0.15) is 25.0 Å². The Kier molecular flexibility index (Phi) is 4.96. The van der Waals surface area contributed by atoms with E-state index in [1.165, 1.54) is 32.6 Å². The van der Waals surface area contributed by atoms with Gasteiger partial charge in [0.1, 0.15) is 8.80 Å². The number of rotatable bonds is 4. The lowest BCUT2D eigenvalue weighted by atomic mass is 9.94. The van der Waals surface area contributed by atoms with E-state index in [0.29, 0.717) is 5.92 Å². The van der Waals surface area contributed by atoms with Crippen molar-refractivity contribution in [1.29, 1.82) is 0 Å². The van der Waals surface area contributed by atoms with Gasteiger partial charge in [0.25, 0.3) is 0 Å². The second kappa shape index (κ2) is 7.54. The average Bonchev–Trinajstić information content (AvgIpc) is 2.98. The molecule has 1 aliphatic rings. The first-order valence-electron chi connectivity index (χ1n) is 9.75. The van der Waals surface area contributed by atoms with Gasteiger partial charge < -0.3 is 0 Å². The van der Waals surface area contributed by atoms with Gasteiger partial charge in [0, 0.05) is 5.92 Å². The van der Waals surface area contributed by atoms with E-state index in [-0.39, 0.29) is 0 Å². The lowest BCUT2D eigenvalue weighted by Gasteiger charge is -2.20. The maximum atomic E-state index is 2.53. The molecule has 3 aromatic carbocycles. The molecule has 0 aromatic heterocycles. The van der Waals surface area contributed by atoms with E-state index in [4.69, 9.17) is 0 Å². The first-order chi connectivity index (χ1) is 13.1. The van der Waals surface area contributed by atoms with Crippen molar-refractivity contribution in [3.05, 3.63) is 113 Å². The normalized spacial score (nSPS) is 16.7. The van der Waals surface area contributed by atoms with E-state index in [0.717, 1.165) is 0 Å². The van der Waals surface area contributed by atoms with E-state index >= 15 is 0 Å². The van der Waals surface area contributed by atoms with Crippen molar-refractivity contribution in [1.82, 2.24) is 0 Å². The minimum atomic E-state index is -1.47. The second-order valence-corrected chi connectivity index (χ2v) is 10.4. The minimum absolute atomic E-state index is 0.462. The van der Waals surface area contributed by atoms with Crippen LogP contribution in [0.4, 0.5) is 0 Å². The molecule has 0 saturated heterocycles.